The average molecular weight is 251 g/mol. The number of hydrogen-bond acceptors (Lipinski definition) is 5. The summed E-state index contributed by atoms with van der Waals surface area (Å²) in [6, 6.07) is -0.725. The smallest absolute Gasteiger partial charge is 0.328 e. The summed E-state index contributed by atoms with van der Waals surface area (Å²) in [6.45, 7) is 6.87. The molecule has 6 heteroatoms. The highest BCUT2D eigenvalue weighted by molar-refractivity contribution is 5.96. The summed E-state index contributed by atoms with van der Waals surface area (Å²) in [4.78, 5) is 30.8. The van der Waals surface area contributed by atoms with E-state index in [-0.39, 0.29) is 0 Å². The summed E-state index contributed by atoms with van der Waals surface area (Å²) in [7, 11) is 0. The maximum atomic E-state index is 11.7. The van der Waals surface area contributed by atoms with Gasteiger partial charge in [0.1, 0.15) is 18.0 Å². The first-order valence-corrected chi connectivity index (χ1v) is 5.58. The van der Waals surface area contributed by atoms with Gasteiger partial charge in [0.25, 0.3) is 5.91 Å². The number of aromatic nitrogens is 2. The molecule has 1 rings (SSSR count). The largest absolute Gasteiger partial charge is 0.458 e. The predicted octanol–water partition coefficient (Wildman–Crippen LogP) is 0.937. The van der Waals surface area contributed by atoms with Gasteiger partial charge in [0, 0.05) is 12.4 Å². The zero-order chi connectivity index (χ0) is 13.8. The Balaban J connectivity index is 2.58. The van der Waals surface area contributed by atoms with Crippen molar-refractivity contribution in [3.05, 3.63) is 24.3 Å². The van der Waals surface area contributed by atoms with Gasteiger partial charge in [0.15, 0.2) is 0 Å². The Bertz CT molecular complexity index is 426. The van der Waals surface area contributed by atoms with Crippen molar-refractivity contribution in [3.63, 3.8) is 0 Å². The van der Waals surface area contributed by atoms with E-state index in [9.17, 15) is 9.59 Å². The van der Waals surface area contributed by atoms with E-state index in [1.165, 1.54) is 18.7 Å². The van der Waals surface area contributed by atoms with Crippen molar-refractivity contribution < 1.29 is 14.3 Å². The van der Waals surface area contributed by atoms with Gasteiger partial charge < -0.3 is 10.1 Å². The molecular weight excluding hydrogens is 234 g/mol. The van der Waals surface area contributed by atoms with Gasteiger partial charge in [-0.1, -0.05) is 0 Å². The zero-order valence-corrected chi connectivity index (χ0v) is 10.9. The number of ether oxygens (including phenoxy) is 1. The molecule has 1 heterocycles. The van der Waals surface area contributed by atoms with Crippen molar-refractivity contribution >= 4 is 11.9 Å². The number of carbonyl (C=O) groups is 2. The van der Waals surface area contributed by atoms with E-state index in [1.807, 2.05) is 0 Å². The van der Waals surface area contributed by atoms with Crippen molar-refractivity contribution in [1.29, 1.82) is 0 Å². The van der Waals surface area contributed by atoms with Crippen LogP contribution in [0.25, 0.3) is 0 Å². The van der Waals surface area contributed by atoms with Crippen LogP contribution in [0.2, 0.25) is 0 Å². The normalized spacial score (nSPS) is 12.7. The molecule has 0 radical (unpaired) electrons. The molecule has 0 saturated carbocycles. The van der Waals surface area contributed by atoms with Crippen LogP contribution < -0.4 is 5.32 Å². The molecule has 1 aromatic heterocycles. The minimum absolute atomic E-state index is 0.299. The fraction of sp³-hybridized carbons (Fsp3) is 0.500. The summed E-state index contributed by atoms with van der Waals surface area (Å²) in [6.07, 6.45) is 4.09. The maximum absolute atomic E-state index is 11.7. The summed E-state index contributed by atoms with van der Waals surface area (Å²) >= 11 is 0. The molecule has 0 aromatic carbocycles. The number of hydrogen-bond donors (Lipinski definition) is 1. The number of rotatable bonds is 3. The molecule has 98 valence electrons. The average Bonchev–Trinajstić information content (AvgIpc) is 2.27. The predicted molar refractivity (Wildman–Crippen MR) is 64.8 cm³/mol. The first-order chi connectivity index (χ1) is 8.29. The first kappa shape index (κ1) is 14.1. The van der Waals surface area contributed by atoms with E-state index in [2.05, 4.69) is 15.3 Å². The second kappa shape index (κ2) is 5.57. The molecule has 0 aliphatic rings. The molecule has 1 atom stereocenters. The van der Waals surface area contributed by atoms with Crippen LogP contribution in [0, 0.1) is 0 Å². The molecule has 0 aliphatic carbocycles. The Morgan fingerprint density at radius 1 is 1.28 bits per heavy atom. The van der Waals surface area contributed by atoms with Crippen LogP contribution in [0.1, 0.15) is 38.1 Å². The molecule has 18 heavy (non-hydrogen) atoms. The zero-order valence-electron chi connectivity index (χ0n) is 10.9. The lowest BCUT2D eigenvalue weighted by Crippen LogP contribution is -2.42. The molecule has 0 spiro atoms. The van der Waals surface area contributed by atoms with Crippen LogP contribution in [0.5, 0.6) is 0 Å². The second-order valence-corrected chi connectivity index (χ2v) is 4.86. The van der Waals surface area contributed by atoms with Gasteiger partial charge in [-0.05, 0) is 27.7 Å². The van der Waals surface area contributed by atoms with Gasteiger partial charge in [0.05, 0.1) is 5.56 Å². The Hall–Kier alpha value is -1.98. The van der Waals surface area contributed by atoms with E-state index in [4.69, 9.17) is 4.74 Å². The van der Waals surface area contributed by atoms with Crippen molar-refractivity contribution in [1.82, 2.24) is 15.3 Å². The van der Waals surface area contributed by atoms with Crippen LogP contribution in [0.4, 0.5) is 0 Å². The van der Waals surface area contributed by atoms with Crippen LogP contribution in [0.3, 0.4) is 0 Å². The number of esters is 1. The summed E-state index contributed by atoms with van der Waals surface area (Å²) in [5, 5.41) is 2.53. The standard InChI is InChI=1S/C12H17N3O3/c1-8(11(17)18-12(2,3)4)15-10(16)9-5-13-7-14-6-9/h5-8H,1-4H3,(H,15,16)/t8-/m0/s1. The molecule has 0 bridgehead atoms. The highest BCUT2D eigenvalue weighted by Gasteiger charge is 2.23. The van der Waals surface area contributed by atoms with Crippen molar-refractivity contribution in [2.24, 2.45) is 0 Å². The van der Waals surface area contributed by atoms with E-state index in [0.717, 1.165) is 0 Å². The highest BCUT2D eigenvalue weighted by atomic mass is 16.6. The third kappa shape index (κ3) is 4.48. The molecule has 0 saturated heterocycles. The Kier molecular flexibility index (Phi) is 4.36. The molecule has 0 unspecified atom stereocenters. The lowest BCUT2D eigenvalue weighted by atomic mass is 10.2. The highest BCUT2D eigenvalue weighted by Crippen LogP contribution is 2.08. The Morgan fingerprint density at radius 2 is 1.83 bits per heavy atom. The van der Waals surface area contributed by atoms with Gasteiger partial charge >= 0.3 is 5.97 Å². The SMILES string of the molecule is C[C@H](NC(=O)c1cncnc1)C(=O)OC(C)(C)C. The van der Waals surface area contributed by atoms with E-state index < -0.39 is 23.5 Å². The minimum Gasteiger partial charge on any atom is -0.458 e. The lowest BCUT2D eigenvalue weighted by molar-refractivity contribution is -0.156. The first-order valence-electron chi connectivity index (χ1n) is 5.58. The van der Waals surface area contributed by atoms with E-state index in [1.54, 1.807) is 27.7 Å². The van der Waals surface area contributed by atoms with Crippen LogP contribution in [-0.4, -0.2) is 33.5 Å². The Labute approximate surface area is 106 Å². The third-order valence-electron chi connectivity index (χ3n) is 1.93. The molecule has 0 fully saturated rings. The summed E-state index contributed by atoms with van der Waals surface area (Å²) in [5.41, 5.74) is -0.278. The monoisotopic (exact) mass is 251 g/mol. The van der Waals surface area contributed by atoms with Crippen molar-refractivity contribution in [2.45, 2.75) is 39.3 Å². The number of carbonyl (C=O) groups excluding carboxylic acids is 2. The molecule has 1 N–H and O–H groups in total. The van der Waals surface area contributed by atoms with Gasteiger partial charge in [0.2, 0.25) is 0 Å². The quantitative estimate of drug-likeness (QED) is 0.808. The van der Waals surface area contributed by atoms with Crippen molar-refractivity contribution in [2.75, 3.05) is 0 Å². The van der Waals surface area contributed by atoms with Gasteiger partial charge in [-0.25, -0.2) is 14.8 Å². The van der Waals surface area contributed by atoms with Crippen LogP contribution >= 0.6 is 0 Å². The van der Waals surface area contributed by atoms with Gasteiger partial charge in [-0.2, -0.15) is 0 Å². The topological polar surface area (TPSA) is 81.2 Å². The lowest BCUT2D eigenvalue weighted by Gasteiger charge is -2.22. The molecule has 0 aliphatic heterocycles. The molecule has 1 aromatic rings. The number of nitrogens with zero attached hydrogens (tertiary/aromatic N) is 2. The van der Waals surface area contributed by atoms with E-state index >= 15 is 0 Å². The van der Waals surface area contributed by atoms with Crippen LogP contribution in [-0.2, 0) is 9.53 Å². The molecule has 1 amide bonds. The van der Waals surface area contributed by atoms with Gasteiger partial charge in [-0.3, -0.25) is 4.79 Å². The fourth-order valence-electron chi connectivity index (χ4n) is 1.15. The number of amides is 1. The summed E-state index contributed by atoms with van der Waals surface area (Å²) < 4.78 is 5.15. The maximum Gasteiger partial charge on any atom is 0.328 e. The third-order valence-corrected chi connectivity index (χ3v) is 1.93. The number of nitrogens with one attached hydrogen (secondary N) is 1. The van der Waals surface area contributed by atoms with Crippen molar-refractivity contribution in [3.8, 4) is 0 Å². The fourth-order valence-corrected chi connectivity index (χ4v) is 1.15. The van der Waals surface area contributed by atoms with Crippen LogP contribution in [0.15, 0.2) is 18.7 Å². The van der Waals surface area contributed by atoms with E-state index in [0.29, 0.717) is 5.56 Å². The minimum atomic E-state index is -0.725. The summed E-state index contributed by atoms with van der Waals surface area (Å²) in [5.74, 6) is -0.887. The Morgan fingerprint density at radius 3 is 2.33 bits per heavy atom. The second-order valence-electron chi connectivity index (χ2n) is 4.86. The molecular formula is C12H17N3O3. The molecule has 6 nitrogen and oxygen atoms in total. The van der Waals surface area contributed by atoms with Gasteiger partial charge in [-0.15, -0.1) is 0 Å².